The maximum Gasteiger partial charge on any atom is 0.0582 e. The van der Waals surface area contributed by atoms with Crippen molar-refractivity contribution in [3.63, 3.8) is 0 Å². The van der Waals surface area contributed by atoms with E-state index in [2.05, 4.69) is 38.2 Å². The summed E-state index contributed by atoms with van der Waals surface area (Å²) in [7, 11) is 0. The van der Waals surface area contributed by atoms with Crippen molar-refractivity contribution in [3.8, 4) is 0 Å². The molecule has 1 atom stereocenters. The van der Waals surface area contributed by atoms with Crippen molar-refractivity contribution in [3.05, 3.63) is 34.4 Å². The highest BCUT2D eigenvalue weighted by Crippen LogP contribution is 2.15. The van der Waals surface area contributed by atoms with E-state index in [0.717, 1.165) is 6.54 Å². The summed E-state index contributed by atoms with van der Waals surface area (Å²) in [5.41, 5.74) is 5.30. The molecule has 0 fully saturated rings. The Labute approximate surface area is 92.3 Å². The van der Waals surface area contributed by atoms with Crippen LogP contribution in [0.4, 0.5) is 0 Å². The van der Waals surface area contributed by atoms with Gasteiger partial charge in [0, 0.05) is 12.6 Å². The third-order valence-electron chi connectivity index (χ3n) is 2.87. The Morgan fingerprint density at radius 3 is 2.33 bits per heavy atom. The van der Waals surface area contributed by atoms with Crippen molar-refractivity contribution in [2.75, 3.05) is 6.61 Å². The van der Waals surface area contributed by atoms with E-state index in [1.807, 2.05) is 6.92 Å². The van der Waals surface area contributed by atoms with Gasteiger partial charge in [0.05, 0.1) is 6.61 Å². The van der Waals surface area contributed by atoms with Crippen molar-refractivity contribution in [1.29, 1.82) is 0 Å². The molecule has 0 saturated heterocycles. The zero-order valence-corrected chi connectivity index (χ0v) is 10.1. The zero-order valence-electron chi connectivity index (χ0n) is 10.1. The Balaban J connectivity index is 2.73. The van der Waals surface area contributed by atoms with Crippen molar-refractivity contribution in [2.45, 2.75) is 40.3 Å². The van der Waals surface area contributed by atoms with Gasteiger partial charge in [-0.2, -0.15) is 0 Å². The van der Waals surface area contributed by atoms with Crippen LogP contribution in [0.2, 0.25) is 0 Å². The van der Waals surface area contributed by atoms with Gasteiger partial charge < -0.3 is 10.4 Å². The molecule has 84 valence electrons. The predicted octanol–water partition coefficient (Wildman–Crippen LogP) is 2.08. The van der Waals surface area contributed by atoms with Crippen LogP contribution in [0.3, 0.4) is 0 Å². The molecule has 2 nitrogen and oxygen atoms in total. The number of hydrogen-bond acceptors (Lipinski definition) is 2. The van der Waals surface area contributed by atoms with E-state index in [1.165, 1.54) is 22.3 Å². The largest absolute Gasteiger partial charge is 0.395 e. The highest BCUT2D eigenvalue weighted by molar-refractivity contribution is 5.36. The smallest absolute Gasteiger partial charge is 0.0582 e. The van der Waals surface area contributed by atoms with E-state index in [0.29, 0.717) is 0 Å². The highest BCUT2D eigenvalue weighted by Gasteiger charge is 2.03. The van der Waals surface area contributed by atoms with Crippen LogP contribution in [0.25, 0.3) is 0 Å². The number of aliphatic hydroxyl groups excluding tert-OH is 1. The quantitative estimate of drug-likeness (QED) is 0.792. The summed E-state index contributed by atoms with van der Waals surface area (Å²) in [4.78, 5) is 0. The molecular formula is C13H21NO. The summed E-state index contributed by atoms with van der Waals surface area (Å²) < 4.78 is 0. The molecule has 0 unspecified atom stereocenters. The first kappa shape index (κ1) is 12.2. The van der Waals surface area contributed by atoms with E-state index in [1.54, 1.807) is 0 Å². The molecule has 0 aromatic heterocycles. The second-order valence-corrected chi connectivity index (χ2v) is 4.33. The molecule has 0 aliphatic heterocycles. The SMILES string of the molecule is Cc1cc(C)c(CN[C@H](C)CO)cc1C. The van der Waals surface area contributed by atoms with E-state index in [-0.39, 0.29) is 12.6 Å². The topological polar surface area (TPSA) is 32.3 Å². The summed E-state index contributed by atoms with van der Waals surface area (Å²) >= 11 is 0. The van der Waals surface area contributed by atoms with Crippen LogP contribution in [0.15, 0.2) is 12.1 Å². The van der Waals surface area contributed by atoms with E-state index in [9.17, 15) is 0 Å². The first-order valence-electron chi connectivity index (χ1n) is 5.45. The Morgan fingerprint density at radius 2 is 1.73 bits per heavy atom. The van der Waals surface area contributed by atoms with Gasteiger partial charge in [-0.15, -0.1) is 0 Å². The third kappa shape index (κ3) is 3.33. The molecule has 0 aliphatic carbocycles. The van der Waals surface area contributed by atoms with Gasteiger partial charge in [-0.25, -0.2) is 0 Å². The number of rotatable bonds is 4. The average Bonchev–Trinajstić information content (AvgIpc) is 2.21. The molecule has 0 saturated carbocycles. The lowest BCUT2D eigenvalue weighted by atomic mass is 10.0. The van der Waals surface area contributed by atoms with Crippen molar-refractivity contribution < 1.29 is 5.11 Å². The molecule has 0 aliphatic rings. The van der Waals surface area contributed by atoms with Gasteiger partial charge in [0.2, 0.25) is 0 Å². The molecule has 1 rings (SSSR count). The lowest BCUT2D eigenvalue weighted by molar-refractivity contribution is 0.251. The fourth-order valence-electron chi connectivity index (χ4n) is 1.56. The van der Waals surface area contributed by atoms with Crippen LogP contribution in [0.5, 0.6) is 0 Å². The Kier molecular flexibility index (Phi) is 4.30. The molecule has 0 heterocycles. The van der Waals surface area contributed by atoms with Crippen LogP contribution in [0, 0.1) is 20.8 Å². The summed E-state index contributed by atoms with van der Waals surface area (Å²) in [6, 6.07) is 4.60. The van der Waals surface area contributed by atoms with Crippen LogP contribution < -0.4 is 5.32 Å². The molecule has 15 heavy (non-hydrogen) atoms. The van der Waals surface area contributed by atoms with Gasteiger partial charge in [-0.3, -0.25) is 0 Å². The van der Waals surface area contributed by atoms with Gasteiger partial charge in [0.15, 0.2) is 0 Å². The monoisotopic (exact) mass is 207 g/mol. The van der Waals surface area contributed by atoms with Gasteiger partial charge in [0.25, 0.3) is 0 Å². The zero-order chi connectivity index (χ0) is 11.4. The minimum absolute atomic E-state index is 0.158. The average molecular weight is 207 g/mol. The van der Waals surface area contributed by atoms with E-state index in [4.69, 9.17) is 5.11 Å². The number of nitrogens with one attached hydrogen (secondary N) is 1. The standard InChI is InChI=1S/C13H21NO/c1-9-5-11(3)13(6-10(9)2)7-14-12(4)8-15/h5-6,12,14-15H,7-8H2,1-4H3/t12-/m1/s1. The molecule has 0 amide bonds. The summed E-state index contributed by atoms with van der Waals surface area (Å²) in [5, 5.41) is 12.2. The lowest BCUT2D eigenvalue weighted by Crippen LogP contribution is -2.28. The molecular weight excluding hydrogens is 186 g/mol. The van der Waals surface area contributed by atoms with Gasteiger partial charge >= 0.3 is 0 Å². The first-order chi connectivity index (χ1) is 7.04. The van der Waals surface area contributed by atoms with E-state index < -0.39 is 0 Å². The third-order valence-corrected chi connectivity index (χ3v) is 2.87. The fourth-order valence-corrected chi connectivity index (χ4v) is 1.56. The van der Waals surface area contributed by atoms with Crippen molar-refractivity contribution in [1.82, 2.24) is 5.32 Å². The molecule has 2 heteroatoms. The highest BCUT2D eigenvalue weighted by atomic mass is 16.3. The fraction of sp³-hybridized carbons (Fsp3) is 0.538. The summed E-state index contributed by atoms with van der Waals surface area (Å²) in [6.07, 6.45) is 0. The minimum Gasteiger partial charge on any atom is -0.395 e. The number of hydrogen-bond donors (Lipinski definition) is 2. The molecule has 1 aromatic rings. The van der Waals surface area contributed by atoms with Crippen molar-refractivity contribution >= 4 is 0 Å². The molecule has 0 spiro atoms. The minimum atomic E-state index is 0.158. The Morgan fingerprint density at radius 1 is 1.13 bits per heavy atom. The lowest BCUT2D eigenvalue weighted by Gasteiger charge is -2.14. The first-order valence-corrected chi connectivity index (χ1v) is 5.45. The number of aliphatic hydroxyl groups is 1. The molecule has 1 aromatic carbocycles. The predicted molar refractivity (Wildman–Crippen MR) is 64.0 cm³/mol. The van der Waals surface area contributed by atoms with Gasteiger partial charge in [0.1, 0.15) is 0 Å². The number of benzene rings is 1. The van der Waals surface area contributed by atoms with Gasteiger partial charge in [-0.1, -0.05) is 12.1 Å². The van der Waals surface area contributed by atoms with Gasteiger partial charge in [-0.05, 0) is 49.9 Å². The second kappa shape index (κ2) is 5.29. The second-order valence-electron chi connectivity index (χ2n) is 4.33. The van der Waals surface area contributed by atoms with Crippen LogP contribution in [-0.4, -0.2) is 17.8 Å². The van der Waals surface area contributed by atoms with Crippen LogP contribution in [-0.2, 0) is 6.54 Å². The number of aryl methyl sites for hydroxylation is 3. The Bertz CT molecular complexity index is 334. The maximum atomic E-state index is 8.92. The molecule has 0 bridgehead atoms. The molecule has 2 N–H and O–H groups in total. The Hall–Kier alpha value is -0.860. The maximum absolute atomic E-state index is 8.92. The normalized spacial score (nSPS) is 12.9. The van der Waals surface area contributed by atoms with Crippen LogP contribution >= 0.6 is 0 Å². The molecule has 0 radical (unpaired) electrons. The van der Waals surface area contributed by atoms with E-state index >= 15 is 0 Å². The summed E-state index contributed by atoms with van der Waals surface area (Å²) in [5.74, 6) is 0. The van der Waals surface area contributed by atoms with Crippen LogP contribution in [0.1, 0.15) is 29.2 Å². The van der Waals surface area contributed by atoms with Crippen molar-refractivity contribution in [2.24, 2.45) is 0 Å². The summed E-state index contributed by atoms with van der Waals surface area (Å²) in [6.45, 7) is 9.39.